The van der Waals surface area contributed by atoms with Gasteiger partial charge in [0.05, 0.1) is 18.1 Å². The topological polar surface area (TPSA) is 93.5 Å². The number of halogens is 1. The maximum Gasteiger partial charge on any atom is 0.313 e. The molecule has 0 radical (unpaired) electrons. The summed E-state index contributed by atoms with van der Waals surface area (Å²) in [5.41, 5.74) is 6.37. The zero-order valence-electron chi connectivity index (χ0n) is 8.17. The summed E-state index contributed by atoms with van der Waals surface area (Å²) in [5, 5.41) is 9.37. The Morgan fingerprint density at radius 3 is 3.00 bits per heavy atom. The van der Waals surface area contributed by atoms with Gasteiger partial charge >= 0.3 is 5.97 Å². The lowest BCUT2D eigenvalue weighted by Gasteiger charge is -2.08. The first-order valence-electron chi connectivity index (χ1n) is 4.54. The van der Waals surface area contributed by atoms with Crippen molar-refractivity contribution in [3.63, 3.8) is 0 Å². The van der Waals surface area contributed by atoms with Gasteiger partial charge < -0.3 is 10.8 Å². The molecule has 7 heteroatoms. The molecule has 0 saturated carbocycles. The molecular formula is C9H9ClN4O2. The Hall–Kier alpha value is -1.66. The Labute approximate surface area is 95.7 Å². The zero-order chi connectivity index (χ0) is 11.7. The number of fused-ring (bicyclic) bond motifs is 1. The molecule has 0 fully saturated rings. The number of rotatable bonds is 3. The van der Waals surface area contributed by atoms with Crippen molar-refractivity contribution in [2.24, 2.45) is 5.73 Å². The van der Waals surface area contributed by atoms with E-state index in [0.29, 0.717) is 16.4 Å². The largest absolute Gasteiger partial charge is 0.481 e. The molecule has 0 aliphatic heterocycles. The Kier molecular flexibility index (Phi) is 2.76. The fraction of sp³-hybridized carbons (Fsp3) is 0.222. The van der Waals surface area contributed by atoms with E-state index >= 15 is 0 Å². The van der Waals surface area contributed by atoms with Crippen molar-refractivity contribution in [1.29, 1.82) is 0 Å². The molecule has 84 valence electrons. The van der Waals surface area contributed by atoms with Gasteiger partial charge in [0, 0.05) is 6.54 Å². The zero-order valence-corrected chi connectivity index (χ0v) is 8.92. The van der Waals surface area contributed by atoms with E-state index < -0.39 is 11.9 Å². The van der Waals surface area contributed by atoms with E-state index in [0.717, 1.165) is 0 Å². The summed E-state index contributed by atoms with van der Waals surface area (Å²) in [7, 11) is 0. The quantitative estimate of drug-likeness (QED) is 0.815. The molecule has 6 nitrogen and oxygen atoms in total. The third kappa shape index (κ3) is 1.62. The predicted octanol–water partition coefficient (Wildman–Crippen LogP) is 0.510. The monoisotopic (exact) mass is 240 g/mol. The van der Waals surface area contributed by atoms with E-state index in [9.17, 15) is 4.79 Å². The van der Waals surface area contributed by atoms with E-state index in [-0.39, 0.29) is 6.54 Å². The smallest absolute Gasteiger partial charge is 0.313 e. The fourth-order valence-corrected chi connectivity index (χ4v) is 1.70. The first kappa shape index (κ1) is 10.8. The minimum absolute atomic E-state index is 0.00433. The predicted molar refractivity (Wildman–Crippen MR) is 57.4 cm³/mol. The molecule has 2 heterocycles. The van der Waals surface area contributed by atoms with E-state index in [4.69, 9.17) is 22.4 Å². The number of hydrogen-bond donors (Lipinski definition) is 2. The summed E-state index contributed by atoms with van der Waals surface area (Å²) in [6.45, 7) is -0.00433. The highest BCUT2D eigenvalue weighted by atomic mass is 35.5. The minimum Gasteiger partial charge on any atom is -0.481 e. The SMILES string of the molecule is NCC(C(=O)O)c1cnc2c(Cl)cncn12. The fourth-order valence-electron chi connectivity index (χ4n) is 1.50. The summed E-state index contributed by atoms with van der Waals surface area (Å²) >= 11 is 5.87. The van der Waals surface area contributed by atoms with Crippen LogP contribution in [0.4, 0.5) is 0 Å². The second-order valence-electron chi connectivity index (χ2n) is 3.24. The first-order valence-corrected chi connectivity index (χ1v) is 4.92. The normalized spacial score (nSPS) is 12.9. The molecule has 0 aliphatic carbocycles. The number of nitrogens with two attached hydrogens (primary N) is 1. The molecule has 0 aliphatic rings. The highest BCUT2D eigenvalue weighted by molar-refractivity contribution is 6.33. The van der Waals surface area contributed by atoms with Crippen LogP contribution in [0.25, 0.3) is 5.65 Å². The van der Waals surface area contributed by atoms with E-state index in [1.54, 1.807) is 0 Å². The Balaban J connectivity index is 2.61. The summed E-state index contributed by atoms with van der Waals surface area (Å²) in [6, 6.07) is 0. The van der Waals surface area contributed by atoms with Gasteiger partial charge in [0.2, 0.25) is 0 Å². The van der Waals surface area contributed by atoms with Gasteiger partial charge in [-0.15, -0.1) is 0 Å². The Morgan fingerprint density at radius 2 is 2.38 bits per heavy atom. The minimum atomic E-state index is -0.996. The first-order chi connectivity index (χ1) is 7.65. The number of aliphatic carboxylic acids is 1. The van der Waals surface area contributed by atoms with Crippen molar-refractivity contribution in [3.8, 4) is 0 Å². The molecule has 2 rings (SSSR count). The average Bonchev–Trinajstić information content (AvgIpc) is 2.64. The Bertz CT molecular complexity index is 539. The van der Waals surface area contributed by atoms with Crippen LogP contribution in [0.15, 0.2) is 18.7 Å². The van der Waals surface area contributed by atoms with Crippen LogP contribution in [0, 0.1) is 0 Å². The standard InChI is InChI=1S/C9H9ClN4O2/c10-6-2-12-4-14-7(3-13-8(6)14)5(1-11)9(15)16/h2-5H,1,11H2,(H,15,16). The highest BCUT2D eigenvalue weighted by Gasteiger charge is 2.22. The molecule has 0 saturated heterocycles. The molecule has 0 amide bonds. The van der Waals surface area contributed by atoms with Gasteiger partial charge in [0.1, 0.15) is 17.3 Å². The van der Waals surface area contributed by atoms with Gasteiger partial charge in [0.15, 0.2) is 5.65 Å². The van der Waals surface area contributed by atoms with Crippen molar-refractivity contribution in [2.45, 2.75) is 5.92 Å². The maximum atomic E-state index is 11.0. The van der Waals surface area contributed by atoms with Crippen LogP contribution in [-0.4, -0.2) is 32.0 Å². The summed E-state index contributed by atoms with van der Waals surface area (Å²) in [4.78, 5) is 18.9. The molecule has 16 heavy (non-hydrogen) atoms. The number of carbonyl (C=O) groups is 1. The number of nitrogens with zero attached hydrogens (tertiary/aromatic N) is 3. The number of hydrogen-bond acceptors (Lipinski definition) is 4. The van der Waals surface area contributed by atoms with Crippen LogP contribution in [-0.2, 0) is 4.79 Å². The van der Waals surface area contributed by atoms with Crippen molar-refractivity contribution in [2.75, 3.05) is 6.54 Å². The molecule has 0 spiro atoms. The molecule has 1 atom stereocenters. The van der Waals surface area contributed by atoms with Crippen LogP contribution in [0.3, 0.4) is 0 Å². The van der Waals surface area contributed by atoms with Crippen LogP contribution >= 0.6 is 11.6 Å². The Morgan fingerprint density at radius 1 is 1.62 bits per heavy atom. The van der Waals surface area contributed by atoms with Crippen molar-refractivity contribution >= 4 is 23.2 Å². The maximum absolute atomic E-state index is 11.0. The lowest BCUT2D eigenvalue weighted by Crippen LogP contribution is -2.22. The van der Waals surface area contributed by atoms with Crippen LogP contribution in [0.5, 0.6) is 0 Å². The lowest BCUT2D eigenvalue weighted by atomic mass is 10.1. The van der Waals surface area contributed by atoms with Gasteiger partial charge in [-0.05, 0) is 0 Å². The van der Waals surface area contributed by atoms with Crippen LogP contribution < -0.4 is 5.73 Å². The number of carboxylic acid groups (broad SMARTS) is 1. The summed E-state index contributed by atoms with van der Waals surface area (Å²) < 4.78 is 1.54. The van der Waals surface area contributed by atoms with Gasteiger partial charge in [-0.25, -0.2) is 9.97 Å². The second-order valence-corrected chi connectivity index (χ2v) is 3.65. The van der Waals surface area contributed by atoms with Crippen molar-refractivity contribution in [1.82, 2.24) is 14.4 Å². The van der Waals surface area contributed by atoms with Gasteiger partial charge in [-0.1, -0.05) is 11.6 Å². The third-order valence-corrected chi connectivity index (χ3v) is 2.57. The second kappa shape index (κ2) is 4.07. The van der Waals surface area contributed by atoms with Gasteiger partial charge in [0.25, 0.3) is 0 Å². The van der Waals surface area contributed by atoms with Crippen LogP contribution in [0.2, 0.25) is 5.02 Å². The summed E-state index contributed by atoms with van der Waals surface area (Å²) in [6.07, 6.45) is 4.37. The van der Waals surface area contributed by atoms with E-state index in [2.05, 4.69) is 9.97 Å². The average molecular weight is 241 g/mol. The molecule has 0 bridgehead atoms. The van der Waals surface area contributed by atoms with Crippen molar-refractivity contribution < 1.29 is 9.90 Å². The van der Waals surface area contributed by atoms with Gasteiger partial charge in [-0.2, -0.15) is 0 Å². The molecule has 3 N–H and O–H groups in total. The highest BCUT2D eigenvalue weighted by Crippen LogP contribution is 2.20. The van der Waals surface area contributed by atoms with Gasteiger partial charge in [-0.3, -0.25) is 9.20 Å². The molecule has 2 aromatic heterocycles. The molecule has 2 aromatic rings. The third-order valence-electron chi connectivity index (χ3n) is 2.30. The van der Waals surface area contributed by atoms with E-state index in [1.165, 1.54) is 23.1 Å². The number of carboxylic acids is 1. The molecular weight excluding hydrogens is 232 g/mol. The lowest BCUT2D eigenvalue weighted by molar-refractivity contribution is -0.138. The number of aromatic nitrogens is 3. The summed E-state index contributed by atoms with van der Waals surface area (Å²) in [5.74, 6) is -1.81. The van der Waals surface area contributed by atoms with E-state index in [1.807, 2.05) is 0 Å². The van der Waals surface area contributed by atoms with Crippen molar-refractivity contribution in [3.05, 3.63) is 29.4 Å². The number of imidazole rings is 1. The molecule has 0 aromatic carbocycles. The van der Waals surface area contributed by atoms with Crippen LogP contribution in [0.1, 0.15) is 11.6 Å². The molecule has 1 unspecified atom stereocenters.